The molecule has 0 aliphatic carbocycles. The topological polar surface area (TPSA) is 80.6 Å². The molecule has 0 radical (unpaired) electrons. The maximum absolute atomic E-state index is 12.2. The van der Waals surface area contributed by atoms with E-state index in [-0.39, 0.29) is 18.4 Å². The van der Waals surface area contributed by atoms with Crippen LogP contribution in [-0.4, -0.2) is 34.7 Å². The number of methoxy groups -OCH3 is 1. The number of ether oxygens (including phenoxy) is 1. The van der Waals surface area contributed by atoms with Gasteiger partial charge in [-0.05, 0) is 36.6 Å². The van der Waals surface area contributed by atoms with Gasteiger partial charge in [-0.3, -0.25) is 4.79 Å². The van der Waals surface area contributed by atoms with E-state index < -0.39 is 12.0 Å². The summed E-state index contributed by atoms with van der Waals surface area (Å²) in [5.74, 6) is -0.376. The van der Waals surface area contributed by atoms with Crippen LogP contribution in [0.4, 0.5) is 0 Å². The van der Waals surface area contributed by atoms with Crippen LogP contribution in [0.5, 0.6) is 5.75 Å². The smallest absolute Gasteiger partial charge is 0.326 e. The van der Waals surface area contributed by atoms with Crippen LogP contribution >= 0.6 is 0 Å². The molecule has 1 atom stereocenters. The maximum Gasteiger partial charge on any atom is 0.326 e. The molecule has 1 aromatic heterocycles. The fourth-order valence-corrected chi connectivity index (χ4v) is 2.53. The molecule has 124 valence electrons. The van der Waals surface area contributed by atoms with Crippen molar-refractivity contribution >= 4 is 22.8 Å². The van der Waals surface area contributed by atoms with Gasteiger partial charge >= 0.3 is 5.97 Å². The predicted molar refractivity (Wildman–Crippen MR) is 87.5 cm³/mol. The lowest BCUT2D eigenvalue weighted by Crippen LogP contribution is -2.43. The molecule has 0 fully saturated rings. The van der Waals surface area contributed by atoms with Crippen molar-refractivity contribution in [1.82, 2.24) is 9.88 Å². The number of carboxylic acids is 1. The number of nitrogens with zero attached hydrogens (tertiary/aromatic N) is 1. The van der Waals surface area contributed by atoms with Crippen molar-refractivity contribution in [3.63, 3.8) is 0 Å². The SMILES string of the molecule is COc1ccc2c(ccn2CC(=O)NC(CC(C)C)C(=O)O)c1. The van der Waals surface area contributed by atoms with Gasteiger partial charge in [-0.15, -0.1) is 0 Å². The molecule has 0 saturated carbocycles. The number of rotatable bonds is 7. The van der Waals surface area contributed by atoms with Gasteiger partial charge in [0.05, 0.1) is 7.11 Å². The summed E-state index contributed by atoms with van der Waals surface area (Å²) in [7, 11) is 1.60. The predicted octanol–water partition coefficient (Wildman–Crippen LogP) is 2.27. The Hall–Kier alpha value is -2.50. The summed E-state index contributed by atoms with van der Waals surface area (Å²) < 4.78 is 6.96. The van der Waals surface area contributed by atoms with E-state index in [0.717, 1.165) is 16.7 Å². The number of nitrogens with one attached hydrogen (secondary N) is 1. The summed E-state index contributed by atoms with van der Waals surface area (Å²) in [6.07, 6.45) is 2.21. The fraction of sp³-hybridized carbons (Fsp3) is 0.412. The Bertz CT molecular complexity index is 706. The number of aromatic nitrogens is 1. The van der Waals surface area contributed by atoms with Gasteiger partial charge in [0.15, 0.2) is 0 Å². The Balaban J connectivity index is 2.09. The lowest BCUT2D eigenvalue weighted by Gasteiger charge is -2.17. The zero-order chi connectivity index (χ0) is 17.0. The van der Waals surface area contributed by atoms with Crippen LogP contribution in [0.2, 0.25) is 0 Å². The number of carboxylic acid groups (broad SMARTS) is 1. The van der Waals surface area contributed by atoms with Gasteiger partial charge in [0, 0.05) is 17.1 Å². The Morgan fingerprint density at radius 1 is 1.30 bits per heavy atom. The minimum Gasteiger partial charge on any atom is -0.497 e. The molecule has 0 saturated heterocycles. The first-order valence-electron chi connectivity index (χ1n) is 7.55. The van der Waals surface area contributed by atoms with Gasteiger partial charge in [-0.25, -0.2) is 4.79 Å². The highest BCUT2D eigenvalue weighted by molar-refractivity contribution is 5.86. The first kappa shape index (κ1) is 16.9. The Kier molecular flexibility index (Phi) is 5.26. The third kappa shape index (κ3) is 4.25. The summed E-state index contributed by atoms with van der Waals surface area (Å²) in [4.78, 5) is 23.4. The normalized spacial score (nSPS) is 12.3. The average Bonchev–Trinajstić information content (AvgIpc) is 2.88. The number of fused-ring (bicyclic) bond motifs is 1. The first-order chi connectivity index (χ1) is 10.9. The van der Waals surface area contributed by atoms with Crippen LogP contribution in [0.15, 0.2) is 30.5 Å². The molecule has 23 heavy (non-hydrogen) atoms. The van der Waals surface area contributed by atoms with Crippen LogP contribution < -0.4 is 10.1 Å². The first-order valence-corrected chi connectivity index (χ1v) is 7.55. The number of hydrogen-bond acceptors (Lipinski definition) is 3. The minimum atomic E-state index is -1.01. The van der Waals surface area contributed by atoms with Gasteiger partial charge in [0.1, 0.15) is 18.3 Å². The zero-order valence-corrected chi connectivity index (χ0v) is 13.6. The molecular formula is C17H22N2O4. The van der Waals surface area contributed by atoms with Crippen LogP contribution in [0.3, 0.4) is 0 Å². The molecule has 6 heteroatoms. The largest absolute Gasteiger partial charge is 0.497 e. The van der Waals surface area contributed by atoms with Crippen LogP contribution in [-0.2, 0) is 16.1 Å². The molecule has 0 bridgehead atoms. The van der Waals surface area contributed by atoms with E-state index in [1.54, 1.807) is 11.7 Å². The molecule has 6 nitrogen and oxygen atoms in total. The monoisotopic (exact) mass is 318 g/mol. The third-order valence-electron chi connectivity index (χ3n) is 3.63. The minimum absolute atomic E-state index is 0.0811. The molecular weight excluding hydrogens is 296 g/mol. The molecule has 2 aromatic rings. The zero-order valence-electron chi connectivity index (χ0n) is 13.6. The molecule has 1 aromatic carbocycles. The number of hydrogen-bond donors (Lipinski definition) is 2. The molecule has 2 rings (SSSR count). The second kappa shape index (κ2) is 7.17. The van der Waals surface area contributed by atoms with E-state index in [1.807, 2.05) is 44.3 Å². The summed E-state index contributed by atoms with van der Waals surface area (Å²) in [5, 5.41) is 12.7. The van der Waals surface area contributed by atoms with Gasteiger partial charge in [-0.1, -0.05) is 13.8 Å². The van der Waals surface area contributed by atoms with E-state index in [2.05, 4.69) is 5.32 Å². The number of carbonyl (C=O) groups excluding carboxylic acids is 1. The van der Waals surface area contributed by atoms with E-state index in [4.69, 9.17) is 4.74 Å². The van der Waals surface area contributed by atoms with E-state index in [0.29, 0.717) is 6.42 Å². The second-order valence-corrected chi connectivity index (χ2v) is 5.96. The quantitative estimate of drug-likeness (QED) is 0.820. The van der Waals surface area contributed by atoms with E-state index in [1.165, 1.54) is 0 Å². The van der Waals surface area contributed by atoms with Crippen LogP contribution in [0.25, 0.3) is 10.9 Å². The van der Waals surface area contributed by atoms with E-state index in [9.17, 15) is 14.7 Å². The second-order valence-electron chi connectivity index (χ2n) is 5.96. The van der Waals surface area contributed by atoms with Crippen molar-refractivity contribution in [1.29, 1.82) is 0 Å². The Labute approximate surface area is 135 Å². The van der Waals surface area contributed by atoms with Gasteiger partial charge in [-0.2, -0.15) is 0 Å². The summed E-state index contributed by atoms with van der Waals surface area (Å²) in [5.41, 5.74) is 0.900. The van der Waals surface area contributed by atoms with Crippen molar-refractivity contribution in [2.75, 3.05) is 7.11 Å². The van der Waals surface area contributed by atoms with Crippen molar-refractivity contribution in [3.05, 3.63) is 30.5 Å². The number of amides is 1. The molecule has 1 heterocycles. The van der Waals surface area contributed by atoms with Crippen molar-refractivity contribution in [2.45, 2.75) is 32.9 Å². The molecule has 0 spiro atoms. The maximum atomic E-state index is 12.2. The third-order valence-corrected chi connectivity index (χ3v) is 3.63. The Morgan fingerprint density at radius 3 is 2.65 bits per heavy atom. The molecule has 0 aliphatic rings. The van der Waals surface area contributed by atoms with Crippen LogP contribution in [0.1, 0.15) is 20.3 Å². The van der Waals surface area contributed by atoms with Gasteiger partial charge in [0.2, 0.25) is 5.91 Å². The Morgan fingerprint density at radius 2 is 2.04 bits per heavy atom. The van der Waals surface area contributed by atoms with Gasteiger partial charge in [0.25, 0.3) is 0 Å². The highest BCUT2D eigenvalue weighted by atomic mass is 16.5. The highest BCUT2D eigenvalue weighted by Crippen LogP contribution is 2.21. The average molecular weight is 318 g/mol. The standard InChI is InChI=1S/C17H22N2O4/c1-11(2)8-14(17(21)22)18-16(20)10-19-7-6-12-9-13(23-3)4-5-15(12)19/h4-7,9,11,14H,8,10H2,1-3H3,(H,18,20)(H,21,22). The fourth-order valence-electron chi connectivity index (χ4n) is 2.53. The molecule has 2 N–H and O–H groups in total. The van der Waals surface area contributed by atoms with Crippen molar-refractivity contribution < 1.29 is 19.4 Å². The highest BCUT2D eigenvalue weighted by Gasteiger charge is 2.21. The van der Waals surface area contributed by atoms with Crippen molar-refractivity contribution in [2.24, 2.45) is 5.92 Å². The van der Waals surface area contributed by atoms with Gasteiger partial charge < -0.3 is 19.7 Å². The summed E-state index contributed by atoms with van der Waals surface area (Å²) in [6.45, 7) is 3.93. The summed E-state index contributed by atoms with van der Waals surface area (Å²) in [6, 6.07) is 6.64. The lowest BCUT2D eigenvalue weighted by atomic mass is 10.0. The number of carbonyl (C=O) groups is 2. The van der Waals surface area contributed by atoms with Crippen LogP contribution in [0, 0.1) is 5.92 Å². The number of aliphatic carboxylic acids is 1. The summed E-state index contributed by atoms with van der Waals surface area (Å²) >= 11 is 0. The molecule has 1 unspecified atom stereocenters. The van der Waals surface area contributed by atoms with E-state index >= 15 is 0 Å². The molecule has 0 aliphatic heterocycles. The number of benzene rings is 1. The van der Waals surface area contributed by atoms with Crippen molar-refractivity contribution in [3.8, 4) is 5.75 Å². The lowest BCUT2D eigenvalue weighted by molar-refractivity contribution is -0.142. The molecule has 1 amide bonds.